The Balaban J connectivity index is 2.40. The van der Waals surface area contributed by atoms with Gasteiger partial charge in [0.05, 0.1) is 0 Å². The summed E-state index contributed by atoms with van der Waals surface area (Å²) in [6, 6.07) is 3.00. The molecule has 0 heterocycles. The Morgan fingerprint density at radius 2 is 1.33 bits per heavy atom. The standard InChI is InChI=1S/C13H5F5/c14-7-2-1-5-3-6-4-8(15)12(17)13(18)10(6)9(5)11(7)16/h1-2,4H,3H2. The fourth-order valence-corrected chi connectivity index (χ4v) is 2.27. The zero-order chi connectivity index (χ0) is 13.0. The molecular formula is C13H5F5. The van der Waals surface area contributed by atoms with Gasteiger partial charge in [-0.2, -0.15) is 0 Å². The van der Waals surface area contributed by atoms with Crippen molar-refractivity contribution in [3.05, 3.63) is 58.4 Å². The molecule has 5 heteroatoms. The number of hydrogen-bond donors (Lipinski definition) is 0. The molecule has 18 heavy (non-hydrogen) atoms. The lowest BCUT2D eigenvalue weighted by molar-refractivity contribution is 0.447. The van der Waals surface area contributed by atoms with E-state index < -0.39 is 29.1 Å². The molecule has 2 aromatic carbocycles. The molecule has 0 aliphatic heterocycles. The van der Waals surface area contributed by atoms with E-state index in [1.54, 1.807) is 0 Å². The first-order valence-corrected chi connectivity index (χ1v) is 5.14. The van der Waals surface area contributed by atoms with Crippen LogP contribution in [0.2, 0.25) is 0 Å². The lowest BCUT2D eigenvalue weighted by atomic mass is 10.0. The molecule has 92 valence electrons. The Labute approximate surface area is 98.7 Å². The van der Waals surface area contributed by atoms with Crippen molar-refractivity contribution < 1.29 is 22.0 Å². The maximum atomic E-state index is 13.6. The van der Waals surface area contributed by atoms with E-state index >= 15 is 0 Å². The summed E-state index contributed by atoms with van der Waals surface area (Å²) in [5.74, 6) is -6.87. The third-order valence-electron chi connectivity index (χ3n) is 3.06. The molecule has 1 aliphatic rings. The average molecular weight is 256 g/mol. The lowest BCUT2D eigenvalue weighted by Crippen LogP contribution is -1.97. The highest BCUT2D eigenvalue weighted by Gasteiger charge is 2.30. The molecule has 0 radical (unpaired) electrons. The molecule has 0 amide bonds. The van der Waals surface area contributed by atoms with E-state index in [9.17, 15) is 22.0 Å². The van der Waals surface area contributed by atoms with Crippen molar-refractivity contribution >= 4 is 0 Å². The highest BCUT2D eigenvalue weighted by atomic mass is 19.2. The third kappa shape index (κ3) is 1.30. The monoisotopic (exact) mass is 256 g/mol. The van der Waals surface area contributed by atoms with Gasteiger partial charge in [0, 0.05) is 11.1 Å². The summed E-state index contributed by atoms with van der Waals surface area (Å²) >= 11 is 0. The minimum Gasteiger partial charge on any atom is -0.204 e. The molecule has 0 saturated carbocycles. The second-order valence-electron chi connectivity index (χ2n) is 4.09. The quantitative estimate of drug-likeness (QED) is 0.422. The van der Waals surface area contributed by atoms with Crippen LogP contribution >= 0.6 is 0 Å². The Kier molecular flexibility index (Phi) is 2.20. The predicted octanol–water partition coefficient (Wildman–Crippen LogP) is 3.95. The average Bonchev–Trinajstić information content (AvgIpc) is 2.70. The molecular weight excluding hydrogens is 251 g/mol. The molecule has 0 aromatic heterocycles. The topological polar surface area (TPSA) is 0 Å². The minimum absolute atomic E-state index is 0.0516. The van der Waals surface area contributed by atoms with E-state index in [0.29, 0.717) is 5.56 Å². The Hall–Kier alpha value is -1.91. The molecule has 0 N–H and O–H groups in total. The summed E-state index contributed by atoms with van der Waals surface area (Å²) in [6.45, 7) is 0. The lowest BCUT2D eigenvalue weighted by Gasteiger charge is -2.06. The third-order valence-corrected chi connectivity index (χ3v) is 3.06. The van der Waals surface area contributed by atoms with Gasteiger partial charge in [-0.05, 0) is 29.7 Å². The molecule has 3 rings (SSSR count). The SMILES string of the molecule is Fc1cc2c(c(F)c1F)-c1c(ccc(F)c1F)C2. The van der Waals surface area contributed by atoms with Gasteiger partial charge in [-0.15, -0.1) is 0 Å². The molecule has 0 saturated heterocycles. The van der Waals surface area contributed by atoms with E-state index in [2.05, 4.69) is 0 Å². The molecule has 2 aromatic rings. The zero-order valence-electron chi connectivity index (χ0n) is 8.83. The first-order valence-electron chi connectivity index (χ1n) is 5.14. The van der Waals surface area contributed by atoms with Crippen LogP contribution in [-0.2, 0) is 6.42 Å². The highest BCUT2D eigenvalue weighted by molar-refractivity contribution is 5.78. The van der Waals surface area contributed by atoms with Crippen LogP contribution in [0, 0.1) is 29.1 Å². The normalized spacial score (nSPS) is 12.5. The van der Waals surface area contributed by atoms with Crippen LogP contribution in [-0.4, -0.2) is 0 Å². The van der Waals surface area contributed by atoms with Gasteiger partial charge in [-0.25, -0.2) is 22.0 Å². The predicted molar refractivity (Wildman–Crippen MR) is 54.5 cm³/mol. The van der Waals surface area contributed by atoms with Gasteiger partial charge in [0.15, 0.2) is 29.1 Å². The molecule has 1 aliphatic carbocycles. The van der Waals surface area contributed by atoms with Gasteiger partial charge in [0.2, 0.25) is 0 Å². The smallest absolute Gasteiger partial charge is 0.195 e. The molecule has 0 unspecified atom stereocenters. The van der Waals surface area contributed by atoms with Crippen LogP contribution < -0.4 is 0 Å². The van der Waals surface area contributed by atoms with Crippen molar-refractivity contribution in [2.24, 2.45) is 0 Å². The highest BCUT2D eigenvalue weighted by Crippen LogP contribution is 2.41. The molecule has 0 spiro atoms. The molecule has 0 atom stereocenters. The van der Waals surface area contributed by atoms with Gasteiger partial charge in [-0.3, -0.25) is 0 Å². The van der Waals surface area contributed by atoms with E-state index in [1.807, 2.05) is 0 Å². The van der Waals surface area contributed by atoms with Gasteiger partial charge >= 0.3 is 0 Å². The summed E-state index contributed by atoms with van der Waals surface area (Å²) in [5, 5.41) is 0. The van der Waals surface area contributed by atoms with E-state index in [0.717, 1.165) is 12.1 Å². The molecule has 0 bridgehead atoms. The second-order valence-corrected chi connectivity index (χ2v) is 4.09. The van der Waals surface area contributed by atoms with Gasteiger partial charge in [0.1, 0.15) is 0 Å². The maximum Gasteiger partial charge on any atom is 0.195 e. The van der Waals surface area contributed by atoms with Gasteiger partial charge < -0.3 is 0 Å². The summed E-state index contributed by atoms with van der Waals surface area (Å²) in [7, 11) is 0. The molecule has 0 fully saturated rings. The van der Waals surface area contributed by atoms with Crippen molar-refractivity contribution in [2.45, 2.75) is 6.42 Å². The van der Waals surface area contributed by atoms with E-state index in [1.165, 1.54) is 6.07 Å². The summed E-state index contributed by atoms with van der Waals surface area (Å²) in [6.07, 6.45) is 0.0516. The second kappa shape index (κ2) is 3.54. The van der Waals surface area contributed by atoms with E-state index in [4.69, 9.17) is 0 Å². The summed E-state index contributed by atoms with van der Waals surface area (Å²) in [5.41, 5.74) is -0.277. The van der Waals surface area contributed by atoms with Crippen molar-refractivity contribution in [2.75, 3.05) is 0 Å². The fraction of sp³-hybridized carbons (Fsp3) is 0.0769. The van der Waals surface area contributed by atoms with E-state index in [-0.39, 0.29) is 23.1 Å². The maximum absolute atomic E-state index is 13.6. The van der Waals surface area contributed by atoms with Crippen LogP contribution in [0.15, 0.2) is 18.2 Å². The van der Waals surface area contributed by atoms with Crippen LogP contribution in [0.5, 0.6) is 0 Å². The Bertz CT molecular complexity index is 676. The van der Waals surface area contributed by atoms with Crippen LogP contribution in [0.4, 0.5) is 22.0 Å². The van der Waals surface area contributed by atoms with Crippen molar-refractivity contribution in [3.8, 4) is 11.1 Å². The first kappa shape index (κ1) is 11.2. The van der Waals surface area contributed by atoms with Gasteiger partial charge in [-0.1, -0.05) is 6.07 Å². The van der Waals surface area contributed by atoms with Crippen molar-refractivity contribution in [3.63, 3.8) is 0 Å². The number of rotatable bonds is 0. The number of benzene rings is 2. The van der Waals surface area contributed by atoms with Crippen molar-refractivity contribution in [1.29, 1.82) is 0 Å². The number of fused-ring (bicyclic) bond motifs is 3. The van der Waals surface area contributed by atoms with Gasteiger partial charge in [0.25, 0.3) is 0 Å². The first-order chi connectivity index (χ1) is 8.50. The summed E-state index contributed by atoms with van der Waals surface area (Å²) in [4.78, 5) is 0. The van der Waals surface area contributed by atoms with Crippen LogP contribution in [0.25, 0.3) is 11.1 Å². The summed E-state index contributed by atoms with van der Waals surface area (Å²) < 4.78 is 66.6. The number of hydrogen-bond acceptors (Lipinski definition) is 0. The van der Waals surface area contributed by atoms with Crippen molar-refractivity contribution in [1.82, 2.24) is 0 Å². The Morgan fingerprint density at radius 3 is 2.06 bits per heavy atom. The fourth-order valence-electron chi connectivity index (χ4n) is 2.27. The van der Waals surface area contributed by atoms with Crippen LogP contribution in [0.1, 0.15) is 11.1 Å². The number of halogens is 5. The zero-order valence-corrected chi connectivity index (χ0v) is 8.83. The molecule has 0 nitrogen and oxygen atoms in total. The largest absolute Gasteiger partial charge is 0.204 e. The Morgan fingerprint density at radius 1 is 0.667 bits per heavy atom. The minimum atomic E-state index is -1.68. The van der Waals surface area contributed by atoms with Crippen LogP contribution in [0.3, 0.4) is 0 Å².